The number of fused-ring (bicyclic) bond motifs is 1. The number of benzene rings is 1. The molecule has 166 valence electrons. The predicted molar refractivity (Wildman–Crippen MR) is 119 cm³/mol. The van der Waals surface area contributed by atoms with Crippen LogP contribution in [0.4, 0.5) is 4.79 Å². The molecule has 1 atom stereocenters. The SMILES string of the molecule is COc1cc(C)c(-c2ccc3c(c2)C(NC(=O)NC(C)C)CC2(CCOCC2)O3)cn1. The second-order valence-electron chi connectivity index (χ2n) is 8.72. The molecule has 2 aliphatic rings. The molecule has 0 aliphatic carbocycles. The first-order valence-electron chi connectivity index (χ1n) is 10.9. The van der Waals surface area contributed by atoms with E-state index >= 15 is 0 Å². The number of aromatic nitrogens is 1. The molecule has 1 saturated heterocycles. The van der Waals surface area contributed by atoms with Gasteiger partial charge in [-0.05, 0) is 44.0 Å². The van der Waals surface area contributed by atoms with Crippen LogP contribution >= 0.6 is 0 Å². The Morgan fingerprint density at radius 1 is 1.26 bits per heavy atom. The van der Waals surface area contributed by atoms with Crippen molar-refractivity contribution in [2.24, 2.45) is 0 Å². The van der Waals surface area contributed by atoms with Crippen molar-refractivity contribution < 1.29 is 19.0 Å². The molecule has 0 radical (unpaired) electrons. The van der Waals surface area contributed by atoms with Gasteiger partial charge < -0.3 is 24.8 Å². The van der Waals surface area contributed by atoms with E-state index in [1.54, 1.807) is 7.11 Å². The molecule has 1 aromatic heterocycles. The molecule has 2 aliphatic heterocycles. The second-order valence-corrected chi connectivity index (χ2v) is 8.72. The minimum atomic E-state index is -0.305. The van der Waals surface area contributed by atoms with Crippen LogP contribution in [-0.4, -0.2) is 43.0 Å². The van der Waals surface area contributed by atoms with Gasteiger partial charge in [-0.15, -0.1) is 0 Å². The molecule has 0 saturated carbocycles. The smallest absolute Gasteiger partial charge is 0.315 e. The Morgan fingerprint density at radius 3 is 2.71 bits per heavy atom. The van der Waals surface area contributed by atoms with Gasteiger partial charge in [0.25, 0.3) is 0 Å². The predicted octanol–water partition coefficient (Wildman–Crippen LogP) is 4.15. The van der Waals surface area contributed by atoms with E-state index in [1.807, 2.05) is 39.1 Å². The summed E-state index contributed by atoms with van der Waals surface area (Å²) in [6.07, 6.45) is 4.19. The van der Waals surface area contributed by atoms with Gasteiger partial charge >= 0.3 is 6.03 Å². The molecule has 2 N–H and O–H groups in total. The van der Waals surface area contributed by atoms with Crippen molar-refractivity contribution in [1.82, 2.24) is 15.6 Å². The molecule has 1 spiro atoms. The summed E-state index contributed by atoms with van der Waals surface area (Å²) in [6, 6.07) is 7.86. The third-order valence-corrected chi connectivity index (χ3v) is 6.02. The number of amides is 2. The van der Waals surface area contributed by atoms with Gasteiger partial charge in [-0.3, -0.25) is 0 Å². The number of hydrogen-bond donors (Lipinski definition) is 2. The summed E-state index contributed by atoms with van der Waals surface area (Å²) >= 11 is 0. The molecule has 31 heavy (non-hydrogen) atoms. The van der Waals surface area contributed by atoms with E-state index in [2.05, 4.69) is 27.8 Å². The monoisotopic (exact) mass is 425 g/mol. The highest BCUT2D eigenvalue weighted by molar-refractivity contribution is 5.75. The highest BCUT2D eigenvalue weighted by Crippen LogP contribution is 2.45. The first-order valence-corrected chi connectivity index (χ1v) is 10.9. The summed E-state index contributed by atoms with van der Waals surface area (Å²) in [5.74, 6) is 1.42. The van der Waals surface area contributed by atoms with Gasteiger partial charge in [0.1, 0.15) is 11.4 Å². The Bertz CT molecular complexity index is 954. The first kappa shape index (κ1) is 21.4. The van der Waals surface area contributed by atoms with Crippen LogP contribution in [-0.2, 0) is 4.74 Å². The molecule has 7 heteroatoms. The van der Waals surface area contributed by atoms with Crippen molar-refractivity contribution in [3.05, 3.63) is 41.6 Å². The molecule has 1 aromatic carbocycles. The molecular formula is C24H31N3O4. The summed E-state index contributed by atoms with van der Waals surface area (Å²) in [6.45, 7) is 7.30. The minimum Gasteiger partial charge on any atom is -0.487 e. The minimum absolute atomic E-state index is 0.0655. The summed E-state index contributed by atoms with van der Waals surface area (Å²) < 4.78 is 17.3. The zero-order valence-corrected chi connectivity index (χ0v) is 18.7. The zero-order valence-electron chi connectivity index (χ0n) is 18.7. The largest absolute Gasteiger partial charge is 0.487 e. The van der Waals surface area contributed by atoms with Crippen molar-refractivity contribution in [3.63, 3.8) is 0 Å². The molecule has 3 heterocycles. The number of nitrogens with zero attached hydrogens (tertiary/aromatic N) is 1. The number of ether oxygens (including phenoxy) is 3. The van der Waals surface area contributed by atoms with Crippen molar-refractivity contribution >= 4 is 6.03 Å². The molecule has 2 aromatic rings. The molecular weight excluding hydrogens is 394 g/mol. The number of carbonyl (C=O) groups is 1. The second kappa shape index (κ2) is 8.75. The molecule has 2 amide bonds. The first-order chi connectivity index (χ1) is 14.9. The average Bonchev–Trinajstić information content (AvgIpc) is 2.73. The fraction of sp³-hybridized carbons (Fsp3) is 0.500. The van der Waals surface area contributed by atoms with Gasteiger partial charge in [-0.25, -0.2) is 9.78 Å². The van der Waals surface area contributed by atoms with E-state index in [0.29, 0.717) is 19.1 Å². The van der Waals surface area contributed by atoms with Gasteiger partial charge in [0, 0.05) is 48.7 Å². The van der Waals surface area contributed by atoms with E-state index in [4.69, 9.17) is 14.2 Å². The normalized spacial score (nSPS) is 19.5. The van der Waals surface area contributed by atoms with Gasteiger partial charge in [0.2, 0.25) is 5.88 Å². The maximum Gasteiger partial charge on any atom is 0.315 e. The Hall–Kier alpha value is -2.80. The summed E-state index contributed by atoms with van der Waals surface area (Å²) in [4.78, 5) is 16.9. The Kier molecular flexibility index (Phi) is 6.05. The van der Waals surface area contributed by atoms with Crippen LogP contribution in [0.5, 0.6) is 11.6 Å². The average molecular weight is 426 g/mol. The topological polar surface area (TPSA) is 81.7 Å². The van der Waals surface area contributed by atoms with Crippen LogP contribution in [0.25, 0.3) is 11.1 Å². The quantitative estimate of drug-likeness (QED) is 0.769. The lowest BCUT2D eigenvalue weighted by Gasteiger charge is -2.44. The maximum absolute atomic E-state index is 12.6. The van der Waals surface area contributed by atoms with E-state index in [9.17, 15) is 4.79 Å². The molecule has 1 fully saturated rings. The van der Waals surface area contributed by atoms with Gasteiger partial charge in [0.05, 0.1) is 26.4 Å². The van der Waals surface area contributed by atoms with Gasteiger partial charge in [-0.2, -0.15) is 0 Å². The van der Waals surface area contributed by atoms with Crippen LogP contribution in [0, 0.1) is 6.92 Å². The maximum atomic E-state index is 12.6. The molecule has 0 bridgehead atoms. The standard InChI is InChI=1S/C24H31N3O4/c1-15(2)26-23(28)27-20-13-24(7-9-30-10-8-24)31-21-6-5-17(12-18(20)21)19-14-25-22(29-4)11-16(19)3/h5-6,11-12,14-15,20H,7-10,13H2,1-4H3,(H2,26,27,28). The number of hydrogen-bond acceptors (Lipinski definition) is 5. The Labute approximate surface area is 183 Å². The lowest BCUT2D eigenvalue weighted by Crippen LogP contribution is -2.50. The van der Waals surface area contributed by atoms with E-state index in [0.717, 1.165) is 47.3 Å². The number of carbonyl (C=O) groups excluding carboxylic acids is 1. The fourth-order valence-electron chi connectivity index (χ4n) is 4.42. The van der Waals surface area contributed by atoms with Crippen molar-refractivity contribution in [2.45, 2.75) is 57.7 Å². The lowest BCUT2D eigenvalue weighted by molar-refractivity contribution is -0.0637. The third-order valence-electron chi connectivity index (χ3n) is 6.02. The van der Waals surface area contributed by atoms with Crippen molar-refractivity contribution in [1.29, 1.82) is 0 Å². The summed E-state index contributed by atoms with van der Waals surface area (Å²) in [5.41, 5.74) is 3.82. The van der Waals surface area contributed by atoms with Crippen LogP contribution in [0.2, 0.25) is 0 Å². The third kappa shape index (κ3) is 4.61. The van der Waals surface area contributed by atoms with Gasteiger partial charge in [-0.1, -0.05) is 6.07 Å². The molecule has 4 rings (SSSR count). The van der Waals surface area contributed by atoms with E-state index < -0.39 is 0 Å². The number of aryl methyl sites for hydroxylation is 1. The fourth-order valence-corrected chi connectivity index (χ4v) is 4.42. The van der Waals surface area contributed by atoms with Gasteiger partial charge in [0.15, 0.2) is 0 Å². The van der Waals surface area contributed by atoms with Crippen molar-refractivity contribution in [2.75, 3.05) is 20.3 Å². The van der Waals surface area contributed by atoms with Crippen LogP contribution in [0.3, 0.4) is 0 Å². The number of nitrogens with one attached hydrogen (secondary N) is 2. The summed E-state index contributed by atoms with van der Waals surface area (Å²) in [5, 5.41) is 6.12. The van der Waals surface area contributed by atoms with Crippen LogP contribution < -0.4 is 20.1 Å². The molecule has 1 unspecified atom stereocenters. The van der Waals surface area contributed by atoms with Crippen molar-refractivity contribution in [3.8, 4) is 22.8 Å². The van der Waals surface area contributed by atoms with E-state index in [-0.39, 0.29) is 23.7 Å². The highest BCUT2D eigenvalue weighted by atomic mass is 16.5. The van der Waals surface area contributed by atoms with E-state index in [1.165, 1.54) is 0 Å². The Morgan fingerprint density at radius 2 is 2.03 bits per heavy atom. The van der Waals surface area contributed by atoms with Crippen LogP contribution in [0.15, 0.2) is 30.5 Å². The highest BCUT2D eigenvalue weighted by Gasteiger charge is 2.43. The number of methoxy groups -OCH3 is 1. The molecule has 7 nitrogen and oxygen atoms in total. The number of rotatable bonds is 4. The number of pyridine rings is 1. The zero-order chi connectivity index (χ0) is 22.0. The lowest BCUT2D eigenvalue weighted by atomic mass is 9.81. The van der Waals surface area contributed by atoms with Crippen LogP contribution in [0.1, 0.15) is 50.3 Å². The number of urea groups is 1. The Balaban J connectivity index is 1.70. The summed E-state index contributed by atoms with van der Waals surface area (Å²) in [7, 11) is 1.61.